The molecule has 0 aromatic carbocycles. The molecule has 0 spiro atoms. The van der Waals surface area contributed by atoms with E-state index in [1.807, 2.05) is 0 Å². The maximum Gasteiger partial charge on any atom is 0.00646 e. The van der Waals surface area contributed by atoms with Crippen molar-refractivity contribution in [3.63, 3.8) is 0 Å². The molecule has 1 heteroatoms. The zero-order valence-corrected chi connectivity index (χ0v) is 7.84. The van der Waals surface area contributed by atoms with Gasteiger partial charge in [0.25, 0.3) is 0 Å². The summed E-state index contributed by atoms with van der Waals surface area (Å²) in [4.78, 5) is 0. The summed E-state index contributed by atoms with van der Waals surface area (Å²) in [7, 11) is 0. The van der Waals surface area contributed by atoms with Crippen LogP contribution in [0, 0.1) is 11.8 Å². The highest BCUT2D eigenvalue weighted by molar-refractivity contribution is 4.77. The summed E-state index contributed by atoms with van der Waals surface area (Å²) in [5, 5.41) is 0. The van der Waals surface area contributed by atoms with E-state index in [4.69, 9.17) is 5.73 Å². The van der Waals surface area contributed by atoms with Gasteiger partial charge in [0, 0.05) is 6.04 Å². The first-order chi connectivity index (χ1) is 5.24. The van der Waals surface area contributed by atoms with Gasteiger partial charge in [0.1, 0.15) is 0 Å². The van der Waals surface area contributed by atoms with Gasteiger partial charge in [0.05, 0.1) is 0 Å². The summed E-state index contributed by atoms with van der Waals surface area (Å²) >= 11 is 0. The third kappa shape index (κ3) is 2.48. The van der Waals surface area contributed by atoms with Crippen molar-refractivity contribution < 1.29 is 0 Å². The number of hydrogen-bond acceptors (Lipinski definition) is 1. The molecule has 11 heavy (non-hydrogen) atoms. The molecule has 3 atom stereocenters. The van der Waals surface area contributed by atoms with E-state index in [-0.39, 0.29) is 0 Å². The molecule has 0 heterocycles. The third-order valence-corrected chi connectivity index (χ3v) is 3.05. The van der Waals surface area contributed by atoms with Gasteiger partial charge in [-0.05, 0) is 31.1 Å². The maximum atomic E-state index is 6.01. The van der Waals surface area contributed by atoms with Crippen molar-refractivity contribution in [2.45, 2.75) is 52.0 Å². The minimum absolute atomic E-state index is 0.470. The molecular formula is C10H21N. The van der Waals surface area contributed by atoms with Crippen LogP contribution < -0.4 is 5.73 Å². The topological polar surface area (TPSA) is 26.0 Å². The average molecular weight is 155 g/mol. The van der Waals surface area contributed by atoms with Crippen LogP contribution in [0.4, 0.5) is 0 Å². The summed E-state index contributed by atoms with van der Waals surface area (Å²) < 4.78 is 0. The van der Waals surface area contributed by atoms with E-state index in [0.717, 1.165) is 18.3 Å². The van der Waals surface area contributed by atoms with Gasteiger partial charge in [-0.25, -0.2) is 0 Å². The van der Waals surface area contributed by atoms with Crippen molar-refractivity contribution in [3.05, 3.63) is 0 Å². The van der Waals surface area contributed by atoms with Crippen LogP contribution in [0.1, 0.15) is 46.0 Å². The number of rotatable bonds is 2. The Kier molecular flexibility index (Phi) is 3.38. The third-order valence-electron chi connectivity index (χ3n) is 3.05. The summed E-state index contributed by atoms with van der Waals surface area (Å²) in [6, 6.07) is 0.470. The molecule has 1 nitrogen and oxygen atoms in total. The van der Waals surface area contributed by atoms with E-state index in [1.165, 1.54) is 25.7 Å². The van der Waals surface area contributed by atoms with Crippen LogP contribution in [0.2, 0.25) is 0 Å². The molecule has 1 fully saturated rings. The zero-order chi connectivity index (χ0) is 8.27. The lowest BCUT2D eigenvalue weighted by Crippen LogP contribution is -2.32. The molecule has 0 bridgehead atoms. The molecule has 0 aliphatic heterocycles. The Labute approximate surface area is 70.4 Å². The monoisotopic (exact) mass is 155 g/mol. The van der Waals surface area contributed by atoms with Crippen molar-refractivity contribution in [2.24, 2.45) is 17.6 Å². The van der Waals surface area contributed by atoms with Crippen molar-refractivity contribution in [1.29, 1.82) is 0 Å². The Morgan fingerprint density at radius 1 is 1.45 bits per heavy atom. The molecule has 0 aromatic heterocycles. The van der Waals surface area contributed by atoms with Crippen LogP contribution in [-0.4, -0.2) is 6.04 Å². The van der Waals surface area contributed by atoms with Crippen LogP contribution in [0.5, 0.6) is 0 Å². The van der Waals surface area contributed by atoms with E-state index in [9.17, 15) is 0 Å². The average Bonchev–Trinajstić information content (AvgIpc) is 2.03. The number of nitrogens with two attached hydrogens (primary N) is 1. The molecule has 1 saturated carbocycles. The van der Waals surface area contributed by atoms with Crippen LogP contribution >= 0.6 is 0 Å². The lowest BCUT2D eigenvalue weighted by Gasteiger charge is -2.30. The Balaban J connectivity index is 2.33. The smallest absolute Gasteiger partial charge is 0.00646 e. The van der Waals surface area contributed by atoms with E-state index in [0.29, 0.717) is 6.04 Å². The molecule has 0 amide bonds. The van der Waals surface area contributed by atoms with Crippen molar-refractivity contribution in [3.8, 4) is 0 Å². The van der Waals surface area contributed by atoms with Crippen molar-refractivity contribution in [1.82, 2.24) is 0 Å². The second-order valence-electron chi connectivity index (χ2n) is 4.10. The second-order valence-corrected chi connectivity index (χ2v) is 4.10. The summed E-state index contributed by atoms with van der Waals surface area (Å²) in [6.45, 7) is 4.55. The molecular weight excluding hydrogens is 134 g/mol. The maximum absolute atomic E-state index is 6.01. The van der Waals surface area contributed by atoms with Crippen molar-refractivity contribution >= 4 is 0 Å². The van der Waals surface area contributed by atoms with Crippen LogP contribution in [0.3, 0.4) is 0 Å². The van der Waals surface area contributed by atoms with Gasteiger partial charge in [0.2, 0.25) is 0 Å². The van der Waals surface area contributed by atoms with Gasteiger partial charge in [0.15, 0.2) is 0 Å². The second kappa shape index (κ2) is 4.10. The van der Waals surface area contributed by atoms with Crippen LogP contribution in [0.25, 0.3) is 0 Å². The van der Waals surface area contributed by atoms with Gasteiger partial charge < -0.3 is 5.73 Å². The quantitative estimate of drug-likeness (QED) is 0.651. The highest BCUT2D eigenvalue weighted by atomic mass is 14.6. The highest BCUT2D eigenvalue weighted by Crippen LogP contribution is 2.30. The minimum atomic E-state index is 0.470. The molecule has 1 aliphatic carbocycles. The first kappa shape index (κ1) is 9.05. The molecule has 1 aliphatic rings. The standard InChI is InChI=1S/C10H21N/c1-3-10(11)9-6-4-5-8(2)7-9/h8-10H,3-7,11H2,1-2H3. The SMILES string of the molecule is CCC(N)C1CCCC(C)C1. The first-order valence-corrected chi connectivity index (χ1v) is 4.99. The lowest BCUT2D eigenvalue weighted by atomic mass is 9.78. The fourth-order valence-corrected chi connectivity index (χ4v) is 2.20. The zero-order valence-electron chi connectivity index (χ0n) is 7.84. The Morgan fingerprint density at radius 3 is 2.73 bits per heavy atom. The predicted molar refractivity (Wildman–Crippen MR) is 49.4 cm³/mol. The molecule has 3 unspecified atom stereocenters. The summed E-state index contributed by atoms with van der Waals surface area (Å²) in [6.07, 6.45) is 6.72. The Hall–Kier alpha value is -0.0400. The molecule has 2 N–H and O–H groups in total. The van der Waals surface area contributed by atoms with E-state index in [2.05, 4.69) is 13.8 Å². The van der Waals surface area contributed by atoms with Gasteiger partial charge >= 0.3 is 0 Å². The van der Waals surface area contributed by atoms with Crippen LogP contribution in [-0.2, 0) is 0 Å². The first-order valence-electron chi connectivity index (χ1n) is 4.99. The largest absolute Gasteiger partial charge is 0.327 e. The lowest BCUT2D eigenvalue weighted by molar-refractivity contribution is 0.243. The van der Waals surface area contributed by atoms with Gasteiger partial charge in [-0.15, -0.1) is 0 Å². The Bertz CT molecular complexity index is 111. The molecule has 0 aromatic rings. The van der Waals surface area contributed by atoms with Crippen LogP contribution in [0.15, 0.2) is 0 Å². The van der Waals surface area contributed by atoms with Gasteiger partial charge in [-0.2, -0.15) is 0 Å². The fourth-order valence-electron chi connectivity index (χ4n) is 2.20. The van der Waals surface area contributed by atoms with Gasteiger partial charge in [-0.1, -0.05) is 26.7 Å². The minimum Gasteiger partial charge on any atom is -0.327 e. The molecule has 0 saturated heterocycles. The van der Waals surface area contributed by atoms with E-state index in [1.54, 1.807) is 0 Å². The molecule has 66 valence electrons. The summed E-state index contributed by atoms with van der Waals surface area (Å²) in [5.74, 6) is 1.75. The Morgan fingerprint density at radius 2 is 2.18 bits per heavy atom. The summed E-state index contributed by atoms with van der Waals surface area (Å²) in [5.41, 5.74) is 6.01. The molecule has 0 radical (unpaired) electrons. The van der Waals surface area contributed by atoms with Crippen molar-refractivity contribution in [2.75, 3.05) is 0 Å². The van der Waals surface area contributed by atoms with E-state index < -0.39 is 0 Å². The normalized spacial score (nSPS) is 35.2. The number of hydrogen-bond donors (Lipinski definition) is 1. The van der Waals surface area contributed by atoms with E-state index >= 15 is 0 Å². The predicted octanol–water partition coefficient (Wildman–Crippen LogP) is 2.55. The molecule has 1 rings (SSSR count). The fraction of sp³-hybridized carbons (Fsp3) is 1.00. The van der Waals surface area contributed by atoms with Gasteiger partial charge in [-0.3, -0.25) is 0 Å². The highest BCUT2D eigenvalue weighted by Gasteiger charge is 2.22.